The summed E-state index contributed by atoms with van der Waals surface area (Å²) in [7, 11) is 0. The summed E-state index contributed by atoms with van der Waals surface area (Å²) < 4.78 is 6.73. The first-order valence-corrected chi connectivity index (χ1v) is 17.8. The van der Waals surface area contributed by atoms with Crippen molar-refractivity contribution in [2.45, 2.75) is 0 Å². The molecule has 2 aromatic heterocycles. The van der Waals surface area contributed by atoms with Gasteiger partial charge in [-0.05, 0) is 79.2 Å². The van der Waals surface area contributed by atoms with Crippen LogP contribution < -0.4 is 0 Å². The zero-order chi connectivity index (χ0) is 34.9. The number of rotatable bonds is 4. The molecule has 0 fully saturated rings. The maximum absolute atomic E-state index is 6.73. The lowest BCUT2D eigenvalue weighted by Crippen LogP contribution is -2.00. The van der Waals surface area contributed by atoms with E-state index in [1.54, 1.807) is 0 Å². The molecule has 0 unspecified atom stereocenters. The molecule has 2 heterocycles. The van der Waals surface area contributed by atoms with Gasteiger partial charge in [-0.1, -0.05) is 146 Å². The number of hydrogen-bond donors (Lipinski definition) is 0. The first kappa shape index (κ1) is 29.5. The SMILES string of the molecule is c1ccc(-c2ccc3cc(-c4nc(-c5ccc6ccccc6c5)nc(-c5cccc6oc7c(ccc8ccc9ccccc9c87)c56)n4)ccc3c2)cc1. The highest BCUT2D eigenvalue weighted by atomic mass is 16.3. The molecule has 0 spiro atoms. The Balaban J connectivity index is 1.13. The highest BCUT2D eigenvalue weighted by molar-refractivity contribution is 6.24. The standard InChI is InChI=1S/C49H29N3O/c1-2-9-30(10-3-1)35-20-21-37-29-39(24-22-36(37)27-35)48-50-47(38-23-17-31-11-4-5-13-34(31)28-38)51-49(52-48)42-15-8-16-43-45(42)41-26-25-33-19-18-32-12-6-7-14-40(32)44(33)46(41)53-43/h1-29H. The molecule has 0 saturated heterocycles. The highest BCUT2D eigenvalue weighted by Gasteiger charge is 2.20. The Hall–Kier alpha value is -7.17. The Bertz CT molecular complexity index is 3240. The van der Waals surface area contributed by atoms with Crippen LogP contribution in [0.4, 0.5) is 0 Å². The molecule has 0 aliphatic heterocycles. The molecule has 0 atom stereocenters. The van der Waals surface area contributed by atoms with E-state index in [9.17, 15) is 0 Å². The molecular formula is C49H29N3O. The van der Waals surface area contributed by atoms with Crippen LogP contribution >= 0.6 is 0 Å². The van der Waals surface area contributed by atoms with Crippen LogP contribution in [0, 0.1) is 0 Å². The zero-order valence-corrected chi connectivity index (χ0v) is 28.5. The number of aromatic nitrogens is 3. The summed E-state index contributed by atoms with van der Waals surface area (Å²) in [5.74, 6) is 1.84. The summed E-state index contributed by atoms with van der Waals surface area (Å²) in [6, 6.07) is 61.7. The summed E-state index contributed by atoms with van der Waals surface area (Å²) in [4.78, 5) is 15.6. The second-order valence-electron chi connectivity index (χ2n) is 13.6. The van der Waals surface area contributed by atoms with Crippen LogP contribution in [0.3, 0.4) is 0 Å². The van der Waals surface area contributed by atoms with Crippen molar-refractivity contribution in [3.8, 4) is 45.3 Å². The fourth-order valence-corrected chi connectivity index (χ4v) is 7.84. The van der Waals surface area contributed by atoms with Crippen molar-refractivity contribution in [1.82, 2.24) is 15.0 Å². The van der Waals surface area contributed by atoms with E-state index >= 15 is 0 Å². The van der Waals surface area contributed by atoms with E-state index in [0.29, 0.717) is 17.5 Å². The van der Waals surface area contributed by atoms with E-state index in [0.717, 1.165) is 65.6 Å². The van der Waals surface area contributed by atoms with Crippen LogP contribution in [0.2, 0.25) is 0 Å². The third-order valence-corrected chi connectivity index (χ3v) is 10.5. The van der Waals surface area contributed by atoms with Gasteiger partial charge in [0.2, 0.25) is 0 Å². The van der Waals surface area contributed by atoms with Crippen LogP contribution in [0.5, 0.6) is 0 Å². The topological polar surface area (TPSA) is 51.8 Å². The molecule has 0 aliphatic carbocycles. The first-order valence-electron chi connectivity index (χ1n) is 17.8. The van der Waals surface area contributed by atoms with Crippen molar-refractivity contribution in [2.75, 3.05) is 0 Å². The van der Waals surface area contributed by atoms with Gasteiger partial charge in [0, 0.05) is 32.8 Å². The van der Waals surface area contributed by atoms with Crippen molar-refractivity contribution in [1.29, 1.82) is 0 Å². The predicted octanol–water partition coefficient (Wildman–Crippen LogP) is 13.1. The molecule has 0 saturated carbocycles. The fraction of sp³-hybridized carbons (Fsp3) is 0. The summed E-state index contributed by atoms with van der Waals surface area (Å²) in [5, 5.41) is 11.2. The summed E-state index contributed by atoms with van der Waals surface area (Å²) in [6.07, 6.45) is 0. The lowest BCUT2D eigenvalue weighted by Gasteiger charge is -2.11. The minimum Gasteiger partial charge on any atom is -0.455 e. The van der Waals surface area contributed by atoms with Gasteiger partial charge < -0.3 is 4.42 Å². The van der Waals surface area contributed by atoms with Gasteiger partial charge in [0.05, 0.1) is 0 Å². The van der Waals surface area contributed by atoms with E-state index in [1.165, 1.54) is 27.3 Å². The summed E-state index contributed by atoms with van der Waals surface area (Å²) in [6.45, 7) is 0. The molecule has 0 amide bonds. The number of nitrogens with zero attached hydrogens (tertiary/aromatic N) is 3. The molecule has 0 bridgehead atoms. The third-order valence-electron chi connectivity index (χ3n) is 10.5. The smallest absolute Gasteiger partial charge is 0.164 e. The average molecular weight is 676 g/mol. The monoisotopic (exact) mass is 675 g/mol. The van der Waals surface area contributed by atoms with Crippen LogP contribution in [-0.4, -0.2) is 15.0 Å². The summed E-state index contributed by atoms with van der Waals surface area (Å²) >= 11 is 0. The van der Waals surface area contributed by atoms with Gasteiger partial charge in [-0.15, -0.1) is 0 Å². The average Bonchev–Trinajstić information content (AvgIpc) is 3.62. The zero-order valence-electron chi connectivity index (χ0n) is 28.5. The van der Waals surface area contributed by atoms with Gasteiger partial charge in [0.25, 0.3) is 0 Å². The third kappa shape index (κ3) is 4.88. The summed E-state index contributed by atoms with van der Waals surface area (Å²) in [5.41, 5.74) is 6.82. The minimum atomic E-state index is 0.601. The van der Waals surface area contributed by atoms with Gasteiger partial charge >= 0.3 is 0 Å². The second-order valence-corrected chi connectivity index (χ2v) is 13.6. The molecule has 0 aliphatic rings. The second kappa shape index (κ2) is 11.7. The lowest BCUT2D eigenvalue weighted by atomic mass is 9.98. The van der Waals surface area contributed by atoms with Crippen LogP contribution in [0.15, 0.2) is 180 Å². The molecule has 246 valence electrons. The predicted molar refractivity (Wildman–Crippen MR) is 219 cm³/mol. The Morgan fingerprint density at radius 1 is 0.321 bits per heavy atom. The molecule has 4 heteroatoms. The van der Waals surface area contributed by atoms with Crippen LogP contribution in [0.1, 0.15) is 0 Å². The molecule has 9 aromatic carbocycles. The van der Waals surface area contributed by atoms with E-state index in [-0.39, 0.29) is 0 Å². The van der Waals surface area contributed by atoms with Crippen LogP contribution in [-0.2, 0) is 0 Å². The molecule has 0 radical (unpaired) electrons. The van der Waals surface area contributed by atoms with Gasteiger partial charge in [0.15, 0.2) is 17.5 Å². The fourth-order valence-electron chi connectivity index (χ4n) is 7.84. The molecule has 11 aromatic rings. The number of fused-ring (bicyclic) bond motifs is 9. The van der Waals surface area contributed by atoms with Gasteiger partial charge in [0.1, 0.15) is 11.2 Å². The minimum absolute atomic E-state index is 0.601. The maximum Gasteiger partial charge on any atom is 0.164 e. The van der Waals surface area contributed by atoms with Gasteiger partial charge in [-0.25, -0.2) is 15.0 Å². The van der Waals surface area contributed by atoms with Crippen molar-refractivity contribution in [2.24, 2.45) is 0 Å². The number of hydrogen-bond acceptors (Lipinski definition) is 4. The first-order chi connectivity index (χ1) is 26.2. The van der Waals surface area contributed by atoms with Crippen LogP contribution in [0.25, 0.3) is 110 Å². The molecule has 11 rings (SSSR count). The van der Waals surface area contributed by atoms with E-state index in [1.807, 2.05) is 18.2 Å². The quantitative estimate of drug-likeness (QED) is 0.174. The molecule has 53 heavy (non-hydrogen) atoms. The van der Waals surface area contributed by atoms with E-state index in [4.69, 9.17) is 19.4 Å². The Labute approximate surface area is 304 Å². The Morgan fingerprint density at radius 3 is 1.68 bits per heavy atom. The largest absolute Gasteiger partial charge is 0.455 e. The highest BCUT2D eigenvalue weighted by Crippen LogP contribution is 2.41. The van der Waals surface area contributed by atoms with Crippen molar-refractivity contribution < 1.29 is 4.42 Å². The van der Waals surface area contributed by atoms with E-state index in [2.05, 4.69) is 158 Å². The number of furan rings is 1. The van der Waals surface area contributed by atoms with Gasteiger partial charge in [-0.2, -0.15) is 0 Å². The normalized spacial score (nSPS) is 11.8. The number of benzene rings is 9. The van der Waals surface area contributed by atoms with Crippen molar-refractivity contribution in [3.05, 3.63) is 176 Å². The van der Waals surface area contributed by atoms with E-state index < -0.39 is 0 Å². The molecule has 4 nitrogen and oxygen atoms in total. The molecular weight excluding hydrogens is 647 g/mol. The molecule has 0 N–H and O–H groups in total. The van der Waals surface area contributed by atoms with Crippen molar-refractivity contribution >= 4 is 65.0 Å². The van der Waals surface area contributed by atoms with Gasteiger partial charge in [-0.3, -0.25) is 0 Å². The van der Waals surface area contributed by atoms with Crippen molar-refractivity contribution in [3.63, 3.8) is 0 Å². The maximum atomic E-state index is 6.73. The Kier molecular flexibility index (Phi) is 6.52. The lowest BCUT2D eigenvalue weighted by molar-refractivity contribution is 0.673. The Morgan fingerprint density at radius 2 is 0.887 bits per heavy atom.